The van der Waals surface area contributed by atoms with Gasteiger partial charge >= 0.3 is 5.97 Å². The summed E-state index contributed by atoms with van der Waals surface area (Å²) in [4.78, 5) is 23.3. The first kappa shape index (κ1) is 14.1. The Kier molecular flexibility index (Phi) is 4.08. The van der Waals surface area contributed by atoms with Crippen LogP contribution in [0.1, 0.15) is 29.6 Å². The molecule has 1 fully saturated rings. The standard InChI is InChI=1S/C15H17NO4/c1-2-10-20-12-6-4-11(5-7-12)13(17)16-15(14(18)19)8-3-9-15/h2,4-7H,1,3,8-10H2,(H,16,17)(H,18,19). The average Bonchev–Trinajstić information content (AvgIpc) is 2.40. The summed E-state index contributed by atoms with van der Waals surface area (Å²) < 4.78 is 5.32. The molecule has 0 spiro atoms. The molecule has 2 N–H and O–H groups in total. The third kappa shape index (κ3) is 2.82. The predicted octanol–water partition coefficient (Wildman–Crippen LogP) is 1.99. The van der Waals surface area contributed by atoms with Crippen LogP contribution in [-0.4, -0.2) is 29.1 Å². The molecule has 1 aromatic carbocycles. The number of rotatable bonds is 6. The summed E-state index contributed by atoms with van der Waals surface area (Å²) in [5.74, 6) is -0.705. The summed E-state index contributed by atoms with van der Waals surface area (Å²) in [6.45, 7) is 3.95. The minimum absolute atomic E-state index is 0.373. The van der Waals surface area contributed by atoms with Gasteiger partial charge in [-0.2, -0.15) is 0 Å². The number of carboxylic acids is 1. The van der Waals surface area contributed by atoms with Crippen molar-refractivity contribution in [2.45, 2.75) is 24.8 Å². The normalized spacial score (nSPS) is 15.8. The summed E-state index contributed by atoms with van der Waals surface area (Å²) in [6.07, 6.45) is 3.41. The van der Waals surface area contributed by atoms with Crippen LogP contribution in [0.2, 0.25) is 0 Å². The molecule has 5 nitrogen and oxygen atoms in total. The zero-order valence-corrected chi connectivity index (χ0v) is 11.1. The summed E-state index contributed by atoms with van der Waals surface area (Å²) in [5.41, 5.74) is -0.668. The molecule has 1 aliphatic carbocycles. The molecule has 20 heavy (non-hydrogen) atoms. The van der Waals surface area contributed by atoms with Gasteiger partial charge in [0.2, 0.25) is 0 Å². The van der Waals surface area contributed by atoms with Crippen LogP contribution in [0.4, 0.5) is 0 Å². The van der Waals surface area contributed by atoms with E-state index in [0.717, 1.165) is 6.42 Å². The Balaban J connectivity index is 2.02. The van der Waals surface area contributed by atoms with E-state index >= 15 is 0 Å². The lowest BCUT2D eigenvalue weighted by molar-refractivity contribution is -0.148. The van der Waals surface area contributed by atoms with Gasteiger partial charge in [0.25, 0.3) is 5.91 Å². The van der Waals surface area contributed by atoms with Crippen LogP contribution >= 0.6 is 0 Å². The van der Waals surface area contributed by atoms with E-state index in [2.05, 4.69) is 11.9 Å². The highest BCUT2D eigenvalue weighted by Crippen LogP contribution is 2.32. The first-order valence-corrected chi connectivity index (χ1v) is 6.47. The van der Waals surface area contributed by atoms with E-state index in [0.29, 0.717) is 30.8 Å². The molecule has 0 aromatic heterocycles. The Morgan fingerprint density at radius 3 is 2.45 bits per heavy atom. The van der Waals surface area contributed by atoms with Gasteiger partial charge in [-0.1, -0.05) is 12.7 Å². The monoisotopic (exact) mass is 275 g/mol. The molecule has 5 heteroatoms. The number of amides is 1. The zero-order valence-electron chi connectivity index (χ0n) is 11.1. The Morgan fingerprint density at radius 2 is 2.00 bits per heavy atom. The number of hydrogen-bond acceptors (Lipinski definition) is 3. The minimum atomic E-state index is -1.09. The number of hydrogen-bond donors (Lipinski definition) is 2. The molecule has 106 valence electrons. The lowest BCUT2D eigenvalue weighted by atomic mass is 9.76. The first-order chi connectivity index (χ1) is 9.57. The fourth-order valence-corrected chi connectivity index (χ4v) is 2.07. The highest BCUT2D eigenvalue weighted by Gasteiger charge is 2.45. The molecule has 1 aromatic rings. The molecule has 0 radical (unpaired) electrons. The van der Waals surface area contributed by atoms with E-state index in [9.17, 15) is 14.7 Å². The van der Waals surface area contributed by atoms with Crippen molar-refractivity contribution >= 4 is 11.9 Å². The van der Waals surface area contributed by atoms with Crippen molar-refractivity contribution in [1.29, 1.82) is 0 Å². The highest BCUT2D eigenvalue weighted by atomic mass is 16.5. The van der Waals surface area contributed by atoms with Crippen molar-refractivity contribution < 1.29 is 19.4 Å². The zero-order chi connectivity index (χ0) is 14.6. The van der Waals surface area contributed by atoms with Crippen molar-refractivity contribution in [2.75, 3.05) is 6.61 Å². The molecule has 0 aliphatic heterocycles. The topological polar surface area (TPSA) is 75.6 Å². The van der Waals surface area contributed by atoms with Crippen LogP contribution in [0.3, 0.4) is 0 Å². The van der Waals surface area contributed by atoms with E-state index in [1.165, 1.54) is 0 Å². The molecule has 0 unspecified atom stereocenters. The van der Waals surface area contributed by atoms with Crippen molar-refractivity contribution in [3.05, 3.63) is 42.5 Å². The quantitative estimate of drug-likeness (QED) is 0.778. The van der Waals surface area contributed by atoms with Gasteiger partial charge in [0.15, 0.2) is 0 Å². The number of aliphatic carboxylic acids is 1. The third-order valence-electron chi connectivity index (χ3n) is 3.45. The van der Waals surface area contributed by atoms with Crippen LogP contribution in [-0.2, 0) is 4.79 Å². The average molecular weight is 275 g/mol. The van der Waals surface area contributed by atoms with Crippen molar-refractivity contribution in [3.8, 4) is 5.75 Å². The maximum Gasteiger partial charge on any atom is 0.329 e. The molecular weight excluding hydrogens is 258 g/mol. The smallest absolute Gasteiger partial charge is 0.329 e. The molecular formula is C15H17NO4. The molecule has 2 rings (SSSR count). The summed E-state index contributed by atoms with van der Waals surface area (Å²) in [6, 6.07) is 6.57. The number of benzene rings is 1. The Hall–Kier alpha value is -2.30. The highest BCUT2D eigenvalue weighted by molar-refractivity contribution is 5.98. The number of ether oxygens (including phenoxy) is 1. The van der Waals surface area contributed by atoms with E-state index in [1.807, 2.05) is 0 Å². The number of carbonyl (C=O) groups is 2. The molecule has 0 heterocycles. The second-order valence-electron chi connectivity index (χ2n) is 4.82. The SMILES string of the molecule is C=CCOc1ccc(C(=O)NC2(C(=O)O)CCC2)cc1. The van der Waals surface area contributed by atoms with Gasteiger partial charge in [0, 0.05) is 5.56 Å². The van der Waals surface area contributed by atoms with E-state index in [4.69, 9.17) is 4.74 Å². The molecule has 1 saturated carbocycles. The van der Waals surface area contributed by atoms with Gasteiger partial charge in [-0.05, 0) is 43.5 Å². The molecule has 1 amide bonds. The second kappa shape index (κ2) is 5.77. The minimum Gasteiger partial charge on any atom is -0.490 e. The maximum absolute atomic E-state index is 12.1. The molecule has 0 bridgehead atoms. The van der Waals surface area contributed by atoms with Crippen molar-refractivity contribution in [1.82, 2.24) is 5.32 Å². The predicted molar refractivity (Wildman–Crippen MR) is 73.8 cm³/mol. The van der Waals surface area contributed by atoms with E-state index in [-0.39, 0.29) is 5.91 Å². The largest absolute Gasteiger partial charge is 0.490 e. The fourth-order valence-electron chi connectivity index (χ4n) is 2.07. The van der Waals surface area contributed by atoms with Crippen LogP contribution < -0.4 is 10.1 Å². The van der Waals surface area contributed by atoms with E-state index in [1.54, 1.807) is 30.3 Å². The van der Waals surface area contributed by atoms with Gasteiger partial charge in [0.05, 0.1) is 0 Å². The summed E-state index contributed by atoms with van der Waals surface area (Å²) in [5, 5.41) is 11.8. The van der Waals surface area contributed by atoms with Crippen molar-refractivity contribution in [3.63, 3.8) is 0 Å². The second-order valence-corrected chi connectivity index (χ2v) is 4.82. The Bertz CT molecular complexity index is 517. The lowest BCUT2D eigenvalue weighted by Crippen LogP contribution is -2.59. The van der Waals surface area contributed by atoms with Gasteiger partial charge in [-0.3, -0.25) is 4.79 Å². The van der Waals surface area contributed by atoms with Gasteiger partial charge in [-0.25, -0.2) is 4.79 Å². The van der Waals surface area contributed by atoms with Crippen LogP contribution in [0.25, 0.3) is 0 Å². The Morgan fingerprint density at radius 1 is 1.35 bits per heavy atom. The Labute approximate surface area is 117 Å². The lowest BCUT2D eigenvalue weighted by Gasteiger charge is -2.38. The summed E-state index contributed by atoms with van der Waals surface area (Å²) >= 11 is 0. The number of carbonyl (C=O) groups excluding carboxylic acids is 1. The summed E-state index contributed by atoms with van der Waals surface area (Å²) in [7, 11) is 0. The molecule has 0 atom stereocenters. The van der Waals surface area contributed by atoms with Gasteiger partial charge in [0.1, 0.15) is 17.9 Å². The third-order valence-corrected chi connectivity index (χ3v) is 3.45. The van der Waals surface area contributed by atoms with Crippen molar-refractivity contribution in [2.24, 2.45) is 0 Å². The fraction of sp³-hybridized carbons (Fsp3) is 0.333. The first-order valence-electron chi connectivity index (χ1n) is 6.47. The number of carboxylic acid groups (broad SMARTS) is 1. The number of nitrogens with one attached hydrogen (secondary N) is 1. The van der Waals surface area contributed by atoms with Gasteiger partial charge < -0.3 is 15.2 Å². The maximum atomic E-state index is 12.1. The molecule has 1 aliphatic rings. The van der Waals surface area contributed by atoms with E-state index < -0.39 is 11.5 Å². The van der Waals surface area contributed by atoms with Gasteiger partial charge in [-0.15, -0.1) is 0 Å². The molecule has 0 saturated heterocycles. The van der Waals surface area contributed by atoms with Crippen LogP contribution in [0.5, 0.6) is 5.75 Å². The van der Waals surface area contributed by atoms with Crippen LogP contribution in [0, 0.1) is 0 Å². The van der Waals surface area contributed by atoms with Crippen LogP contribution in [0.15, 0.2) is 36.9 Å².